The maximum Gasteiger partial charge on any atom is 0.322 e. The standard InChI is InChI=1S/C18H24N4O2/c1-4-18(3)13-21(10-11-24-18)17(23)20-16-12-19-22(14(16)2)15-8-6-5-7-9-15/h5-9,12H,4,10-11,13H2,1-3H3,(H,20,23)/t18-/m1/s1. The summed E-state index contributed by atoms with van der Waals surface area (Å²) in [5.74, 6) is 0. The molecule has 1 aliphatic rings. The third-order valence-corrected chi connectivity index (χ3v) is 4.62. The molecule has 1 fully saturated rings. The first-order valence-corrected chi connectivity index (χ1v) is 8.32. The Balaban J connectivity index is 1.73. The Hall–Kier alpha value is -2.34. The Morgan fingerprint density at radius 2 is 2.12 bits per heavy atom. The fraction of sp³-hybridized carbons (Fsp3) is 0.444. The molecule has 0 aliphatic carbocycles. The zero-order valence-electron chi connectivity index (χ0n) is 14.5. The second kappa shape index (κ2) is 6.65. The van der Waals surface area contributed by atoms with E-state index in [0.717, 1.165) is 23.5 Å². The number of aromatic nitrogens is 2. The number of nitrogens with zero attached hydrogens (tertiary/aromatic N) is 3. The van der Waals surface area contributed by atoms with E-state index in [-0.39, 0.29) is 11.6 Å². The van der Waals surface area contributed by atoms with E-state index in [9.17, 15) is 4.79 Å². The molecule has 1 saturated heterocycles. The van der Waals surface area contributed by atoms with Crippen LogP contribution in [0.2, 0.25) is 0 Å². The minimum atomic E-state index is -0.265. The predicted molar refractivity (Wildman–Crippen MR) is 93.5 cm³/mol. The monoisotopic (exact) mass is 328 g/mol. The van der Waals surface area contributed by atoms with Gasteiger partial charge in [-0.15, -0.1) is 0 Å². The number of rotatable bonds is 3. The first-order valence-electron chi connectivity index (χ1n) is 8.32. The highest BCUT2D eigenvalue weighted by Gasteiger charge is 2.32. The molecule has 1 aromatic heterocycles. The van der Waals surface area contributed by atoms with Gasteiger partial charge in [-0.25, -0.2) is 9.48 Å². The number of urea groups is 1. The number of carbonyl (C=O) groups excluding carboxylic acids is 1. The highest BCUT2D eigenvalue weighted by Crippen LogP contribution is 2.23. The van der Waals surface area contributed by atoms with Crippen molar-refractivity contribution in [2.75, 3.05) is 25.0 Å². The summed E-state index contributed by atoms with van der Waals surface area (Å²) in [7, 11) is 0. The molecule has 0 spiro atoms. The van der Waals surface area contributed by atoms with Crippen molar-refractivity contribution >= 4 is 11.7 Å². The quantitative estimate of drug-likeness (QED) is 0.941. The number of morpholine rings is 1. The highest BCUT2D eigenvalue weighted by atomic mass is 16.5. The van der Waals surface area contributed by atoms with Crippen LogP contribution in [0.5, 0.6) is 0 Å². The molecule has 128 valence electrons. The number of para-hydroxylation sites is 1. The van der Waals surface area contributed by atoms with Crippen LogP contribution in [-0.2, 0) is 4.74 Å². The maximum atomic E-state index is 12.6. The molecule has 0 unspecified atom stereocenters. The number of hydrogen-bond donors (Lipinski definition) is 1. The molecule has 2 amide bonds. The Morgan fingerprint density at radius 1 is 1.38 bits per heavy atom. The van der Waals surface area contributed by atoms with Crippen LogP contribution in [0, 0.1) is 6.92 Å². The average Bonchev–Trinajstić information content (AvgIpc) is 2.96. The van der Waals surface area contributed by atoms with E-state index in [1.807, 2.05) is 53.8 Å². The summed E-state index contributed by atoms with van der Waals surface area (Å²) in [4.78, 5) is 14.4. The summed E-state index contributed by atoms with van der Waals surface area (Å²) >= 11 is 0. The van der Waals surface area contributed by atoms with Crippen LogP contribution in [-0.4, -0.2) is 46.0 Å². The number of hydrogen-bond acceptors (Lipinski definition) is 3. The summed E-state index contributed by atoms with van der Waals surface area (Å²) in [6.45, 7) is 7.85. The van der Waals surface area contributed by atoms with Crippen molar-refractivity contribution in [1.82, 2.24) is 14.7 Å². The van der Waals surface area contributed by atoms with Gasteiger partial charge in [0.15, 0.2) is 0 Å². The summed E-state index contributed by atoms with van der Waals surface area (Å²) < 4.78 is 7.62. The molecule has 0 bridgehead atoms. The van der Waals surface area contributed by atoms with E-state index >= 15 is 0 Å². The Kier molecular flexibility index (Phi) is 4.57. The Morgan fingerprint density at radius 3 is 2.83 bits per heavy atom. The lowest BCUT2D eigenvalue weighted by atomic mass is 10.0. The van der Waals surface area contributed by atoms with Crippen LogP contribution in [0.4, 0.5) is 10.5 Å². The third-order valence-electron chi connectivity index (χ3n) is 4.62. The number of anilines is 1. The van der Waals surface area contributed by atoms with E-state index in [1.54, 1.807) is 6.20 Å². The number of amides is 2. The van der Waals surface area contributed by atoms with Gasteiger partial charge in [-0.05, 0) is 32.4 Å². The van der Waals surface area contributed by atoms with Gasteiger partial charge in [0.2, 0.25) is 0 Å². The molecule has 0 radical (unpaired) electrons. The maximum absolute atomic E-state index is 12.6. The van der Waals surface area contributed by atoms with E-state index in [4.69, 9.17) is 4.74 Å². The van der Waals surface area contributed by atoms with Crippen LogP contribution >= 0.6 is 0 Å². The number of benzene rings is 1. The van der Waals surface area contributed by atoms with Crippen molar-refractivity contribution in [2.24, 2.45) is 0 Å². The normalized spacial score (nSPS) is 20.9. The van der Waals surface area contributed by atoms with Gasteiger partial charge in [0, 0.05) is 6.54 Å². The smallest absolute Gasteiger partial charge is 0.322 e. The molecule has 1 aromatic carbocycles. The molecule has 2 aromatic rings. The second-order valence-corrected chi connectivity index (χ2v) is 6.39. The molecular weight excluding hydrogens is 304 g/mol. The summed E-state index contributed by atoms with van der Waals surface area (Å²) in [6.07, 6.45) is 2.57. The first kappa shape index (κ1) is 16.5. The van der Waals surface area contributed by atoms with Gasteiger partial charge in [0.1, 0.15) is 0 Å². The van der Waals surface area contributed by atoms with E-state index in [1.165, 1.54) is 0 Å². The topological polar surface area (TPSA) is 59.4 Å². The van der Waals surface area contributed by atoms with E-state index in [2.05, 4.69) is 17.3 Å². The molecule has 6 nitrogen and oxygen atoms in total. The summed E-state index contributed by atoms with van der Waals surface area (Å²) in [5, 5.41) is 7.37. The molecule has 24 heavy (non-hydrogen) atoms. The van der Waals surface area contributed by atoms with Gasteiger partial charge in [-0.2, -0.15) is 5.10 Å². The zero-order valence-corrected chi connectivity index (χ0v) is 14.5. The molecule has 1 atom stereocenters. The summed E-state index contributed by atoms with van der Waals surface area (Å²) in [6, 6.07) is 9.77. The van der Waals surface area contributed by atoms with Gasteiger partial charge in [-0.3, -0.25) is 0 Å². The molecule has 1 N–H and O–H groups in total. The van der Waals surface area contributed by atoms with Crippen LogP contribution in [0.25, 0.3) is 5.69 Å². The largest absolute Gasteiger partial charge is 0.372 e. The van der Waals surface area contributed by atoms with Gasteiger partial charge in [0.05, 0.1) is 42.0 Å². The Labute approximate surface area is 142 Å². The highest BCUT2D eigenvalue weighted by molar-refractivity contribution is 5.90. The van der Waals surface area contributed by atoms with Crippen molar-refractivity contribution in [3.8, 4) is 5.69 Å². The fourth-order valence-corrected chi connectivity index (χ4v) is 2.87. The Bertz CT molecular complexity index is 713. The lowest BCUT2D eigenvalue weighted by Gasteiger charge is -2.39. The average molecular weight is 328 g/mol. The number of carbonyl (C=O) groups is 1. The van der Waals surface area contributed by atoms with Crippen LogP contribution in [0.3, 0.4) is 0 Å². The van der Waals surface area contributed by atoms with Gasteiger partial charge in [-0.1, -0.05) is 25.1 Å². The van der Waals surface area contributed by atoms with Crippen LogP contribution in [0.1, 0.15) is 26.0 Å². The lowest BCUT2D eigenvalue weighted by molar-refractivity contribution is -0.0860. The van der Waals surface area contributed by atoms with Crippen molar-refractivity contribution in [1.29, 1.82) is 0 Å². The van der Waals surface area contributed by atoms with Crippen molar-refractivity contribution < 1.29 is 9.53 Å². The molecule has 3 rings (SSSR count). The lowest BCUT2D eigenvalue weighted by Crippen LogP contribution is -2.53. The molecule has 2 heterocycles. The van der Waals surface area contributed by atoms with Crippen LogP contribution < -0.4 is 5.32 Å². The van der Waals surface area contributed by atoms with E-state index < -0.39 is 0 Å². The third kappa shape index (κ3) is 3.28. The summed E-state index contributed by atoms with van der Waals surface area (Å²) in [5.41, 5.74) is 2.34. The minimum Gasteiger partial charge on any atom is -0.372 e. The molecule has 6 heteroatoms. The fourth-order valence-electron chi connectivity index (χ4n) is 2.87. The van der Waals surface area contributed by atoms with Crippen molar-refractivity contribution in [3.05, 3.63) is 42.2 Å². The molecular formula is C18H24N4O2. The molecule has 1 aliphatic heterocycles. The zero-order chi connectivity index (χ0) is 17.2. The van der Waals surface area contributed by atoms with Crippen molar-refractivity contribution in [3.63, 3.8) is 0 Å². The second-order valence-electron chi connectivity index (χ2n) is 6.39. The van der Waals surface area contributed by atoms with Crippen LogP contribution in [0.15, 0.2) is 36.5 Å². The number of nitrogens with one attached hydrogen (secondary N) is 1. The number of ether oxygens (including phenoxy) is 1. The predicted octanol–water partition coefficient (Wildman–Crippen LogP) is 3.21. The minimum absolute atomic E-state index is 0.103. The van der Waals surface area contributed by atoms with Crippen molar-refractivity contribution in [2.45, 2.75) is 32.8 Å². The van der Waals surface area contributed by atoms with Gasteiger partial charge in [0.25, 0.3) is 0 Å². The molecule has 0 saturated carbocycles. The van der Waals surface area contributed by atoms with E-state index in [0.29, 0.717) is 19.7 Å². The first-order chi connectivity index (χ1) is 11.5. The van der Waals surface area contributed by atoms with Gasteiger partial charge < -0.3 is 15.0 Å². The van der Waals surface area contributed by atoms with Gasteiger partial charge >= 0.3 is 6.03 Å². The SMILES string of the molecule is CC[C@]1(C)CN(C(=O)Nc2cnn(-c3ccccc3)c2C)CCO1.